The summed E-state index contributed by atoms with van der Waals surface area (Å²) in [7, 11) is -3.70. The Hall–Kier alpha value is -2.01. The minimum absolute atomic E-state index is 0.148. The summed E-state index contributed by atoms with van der Waals surface area (Å²) in [4.78, 5) is 0.148. The first-order valence-corrected chi connectivity index (χ1v) is 8.31. The third-order valence-electron chi connectivity index (χ3n) is 3.49. The fourth-order valence-corrected chi connectivity index (χ4v) is 3.93. The van der Waals surface area contributed by atoms with E-state index in [4.69, 9.17) is 5.73 Å². The molecule has 2 aromatic rings. The van der Waals surface area contributed by atoms with Crippen molar-refractivity contribution in [1.29, 1.82) is 0 Å². The van der Waals surface area contributed by atoms with Gasteiger partial charge in [-0.1, -0.05) is 37.3 Å². The topological polar surface area (TPSA) is 72.2 Å². The Morgan fingerprint density at radius 1 is 1.05 bits per heavy atom. The Bertz CT molecular complexity index is 748. The van der Waals surface area contributed by atoms with Crippen molar-refractivity contribution in [3.63, 3.8) is 0 Å². The lowest BCUT2D eigenvalue weighted by molar-refractivity contribution is 0.601. The second-order valence-electron chi connectivity index (χ2n) is 5.06. The van der Waals surface area contributed by atoms with Crippen LogP contribution in [0.2, 0.25) is 0 Å². The molecule has 5 heteroatoms. The fourth-order valence-electron chi connectivity index (χ4n) is 2.40. The van der Waals surface area contributed by atoms with E-state index in [2.05, 4.69) is 4.72 Å². The summed E-state index contributed by atoms with van der Waals surface area (Å²) in [5.41, 5.74) is 9.24. The number of nitrogens with one attached hydrogen (secondary N) is 1. The molecule has 0 aliphatic carbocycles. The molecule has 0 fully saturated rings. The van der Waals surface area contributed by atoms with Gasteiger partial charge in [0.25, 0.3) is 10.0 Å². The highest BCUT2D eigenvalue weighted by Crippen LogP contribution is 2.28. The highest BCUT2D eigenvalue weighted by Gasteiger charge is 2.21. The third kappa shape index (κ3) is 3.03. The average molecular weight is 304 g/mol. The van der Waals surface area contributed by atoms with Crippen LogP contribution in [0.15, 0.2) is 41.3 Å². The quantitative estimate of drug-likeness (QED) is 0.852. The molecule has 0 saturated heterocycles. The zero-order chi connectivity index (χ0) is 15.6. The summed E-state index contributed by atoms with van der Waals surface area (Å²) in [6.45, 7) is 5.62. The smallest absolute Gasteiger partial charge is 0.264 e. The van der Waals surface area contributed by atoms with E-state index >= 15 is 0 Å². The van der Waals surface area contributed by atoms with Crippen LogP contribution in [0.3, 0.4) is 0 Å². The maximum atomic E-state index is 12.7. The molecule has 0 aromatic heterocycles. The highest BCUT2D eigenvalue weighted by molar-refractivity contribution is 7.93. The number of para-hydroxylation sites is 1. The molecule has 112 valence electrons. The maximum Gasteiger partial charge on any atom is 0.264 e. The SMILES string of the molecule is CCc1cccc(C)c1NS(=O)(=O)c1c(C)cccc1N. The van der Waals surface area contributed by atoms with Gasteiger partial charge in [-0.25, -0.2) is 8.42 Å². The third-order valence-corrected chi connectivity index (χ3v) is 5.06. The standard InChI is InChI=1S/C16H20N2O2S/c1-4-13-9-5-7-11(2)15(13)18-21(19,20)16-12(3)8-6-10-14(16)17/h5-10,18H,4,17H2,1-3H3. The first-order valence-electron chi connectivity index (χ1n) is 6.83. The van der Waals surface area contributed by atoms with Crippen molar-refractivity contribution in [2.24, 2.45) is 0 Å². The Labute approximate surface area is 126 Å². The van der Waals surface area contributed by atoms with Crippen LogP contribution >= 0.6 is 0 Å². The average Bonchev–Trinajstić information content (AvgIpc) is 2.40. The summed E-state index contributed by atoms with van der Waals surface area (Å²) in [6, 6.07) is 10.8. The monoisotopic (exact) mass is 304 g/mol. The second-order valence-corrected chi connectivity index (χ2v) is 6.68. The molecule has 21 heavy (non-hydrogen) atoms. The van der Waals surface area contributed by atoms with Gasteiger partial charge in [0.15, 0.2) is 0 Å². The predicted molar refractivity (Wildman–Crippen MR) is 87.0 cm³/mol. The van der Waals surface area contributed by atoms with Crippen LogP contribution in [0.1, 0.15) is 23.6 Å². The highest BCUT2D eigenvalue weighted by atomic mass is 32.2. The molecule has 0 spiro atoms. The molecule has 0 saturated carbocycles. The number of rotatable bonds is 4. The zero-order valence-electron chi connectivity index (χ0n) is 12.5. The van der Waals surface area contributed by atoms with Gasteiger partial charge in [0.05, 0.1) is 11.4 Å². The number of aryl methyl sites for hydroxylation is 3. The van der Waals surface area contributed by atoms with Crippen molar-refractivity contribution in [3.8, 4) is 0 Å². The van der Waals surface area contributed by atoms with E-state index in [9.17, 15) is 8.42 Å². The van der Waals surface area contributed by atoms with Crippen molar-refractivity contribution < 1.29 is 8.42 Å². The van der Waals surface area contributed by atoms with Crippen LogP contribution in [0.25, 0.3) is 0 Å². The zero-order valence-corrected chi connectivity index (χ0v) is 13.3. The normalized spacial score (nSPS) is 11.4. The molecule has 3 N–H and O–H groups in total. The summed E-state index contributed by atoms with van der Waals surface area (Å²) in [5, 5.41) is 0. The molecule has 0 amide bonds. The van der Waals surface area contributed by atoms with Crippen LogP contribution in [-0.2, 0) is 16.4 Å². The fraction of sp³-hybridized carbons (Fsp3) is 0.250. The van der Waals surface area contributed by atoms with Gasteiger partial charge in [0.2, 0.25) is 0 Å². The Morgan fingerprint density at radius 3 is 2.29 bits per heavy atom. The van der Waals surface area contributed by atoms with Gasteiger partial charge in [-0.2, -0.15) is 0 Å². The van der Waals surface area contributed by atoms with Crippen LogP contribution < -0.4 is 10.5 Å². The molecule has 0 aliphatic heterocycles. The number of nitrogen functional groups attached to an aromatic ring is 1. The number of anilines is 2. The minimum atomic E-state index is -3.70. The van der Waals surface area contributed by atoms with Crippen molar-refractivity contribution >= 4 is 21.4 Å². The molecule has 2 aromatic carbocycles. The lowest BCUT2D eigenvalue weighted by Gasteiger charge is -2.16. The molecule has 0 heterocycles. The number of hydrogen-bond donors (Lipinski definition) is 2. The summed E-state index contributed by atoms with van der Waals surface area (Å²) in [6.07, 6.45) is 0.753. The summed E-state index contributed by atoms with van der Waals surface area (Å²) in [5.74, 6) is 0. The molecule has 0 aliphatic rings. The summed E-state index contributed by atoms with van der Waals surface area (Å²) < 4.78 is 28.0. The van der Waals surface area contributed by atoms with Gasteiger partial charge >= 0.3 is 0 Å². The predicted octanol–water partition coefficient (Wildman–Crippen LogP) is 3.25. The molecule has 0 unspecified atom stereocenters. The van der Waals surface area contributed by atoms with Crippen molar-refractivity contribution in [3.05, 3.63) is 53.1 Å². The van der Waals surface area contributed by atoms with Crippen LogP contribution in [0.4, 0.5) is 11.4 Å². The molecule has 0 bridgehead atoms. The number of benzene rings is 2. The number of hydrogen-bond acceptors (Lipinski definition) is 3. The molecule has 0 atom stereocenters. The second kappa shape index (κ2) is 5.77. The Balaban J connectivity index is 2.53. The van der Waals surface area contributed by atoms with E-state index in [0.29, 0.717) is 11.3 Å². The van der Waals surface area contributed by atoms with E-state index in [1.807, 2.05) is 32.0 Å². The number of nitrogens with two attached hydrogens (primary N) is 1. The first kappa shape index (κ1) is 15.4. The maximum absolute atomic E-state index is 12.7. The van der Waals surface area contributed by atoms with Crippen molar-refractivity contribution in [2.45, 2.75) is 32.1 Å². The largest absolute Gasteiger partial charge is 0.398 e. The van der Waals surface area contributed by atoms with E-state index < -0.39 is 10.0 Å². The van der Waals surface area contributed by atoms with E-state index in [-0.39, 0.29) is 10.6 Å². The van der Waals surface area contributed by atoms with E-state index in [0.717, 1.165) is 17.5 Å². The van der Waals surface area contributed by atoms with Gasteiger partial charge in [-0.3, -0.25) is 4.72 Å². The van der Waals surface area contributed by atoms with Gasteiger partial charge in [-0.15, -0.1) is 0 Å². The molecule has 0 radical (unpaired) electrons. The van der Waals surface area contributed by atoms with Gasteiger partial charge < -0.3 is 5.73 Å². The first-order chi connectivity index (χ1) is 9.86. The minimum Gasteiger partial charge on any atom is -0.398 e. The molecule has 4 nitrogen and oxygen atoms in total. The van der Waals surface area contributed by atoms with Crippen molar-refractivity contribution in [1.82, 2.24) is 0 Å². The summed E-state index contributed by atoms with van der Waals surface area (Å²) >= 11 is 0. The van der Waals surface area contributed by atoms with Crippen LogP contribution in [-0.4, -0.2) is 8.42 Å². The van der Waals surface area contributed by atoms with Crippen LogP contribution in [0.5, 0.6) is 0 Å². The van der Waals surface area contributed by atoms with Crippen LogP contribution in [0, 0.1) is 13.8 Å². The number of sulfonamides is 1. The Morgan fingerprint density at radius 2 is 1.67 bits per heavy atom. The molecular weight excluding hydrogens is 284 g/mol. The Kier molecular flexibility index (Phi) is 4.23. The van der Waals surface area contributed by atoms with Gasteiger partial charge in [0.1, 0.15) is 4.90 Å². The lowest BCUT2D eigenvalue weighted by atomic mass is 10.1. The van der Waals surface area contributed by atoms with Crippen molar-refractivity contribution in [2.75, 3.05) is 10.5 Å². The molecular formula is C16H20N2O2S. The van der Waals surface area contributed by atoms with Gasteiger partial charge in [-0.05, 0) is 43.0 Å². The van der Waals surface area contributed by atoms with Gasteiger partial charge in [0, 0.05) is 0 Å². The lowest BCUT2D eigenvalue weighted by Crippen LogP contribution is -2.17. The molecule has 2 rings (SSSR count). The van der Waals surface area contributed by atoms with E-state index in [1.54, 1.807) is 25.1 Å². The van der Waals surface area contributed by atoms with E-state index in [1.165, 1.54) is 0 Å².